The van der Waals surface area contributed by atoms with Gasteiger partial charge in [-0.1, -0.05) is 13.8 Å². The average Bonchev–Trinajstić information content (AvgIpc) is 1.88. The summed E-state index contributed by atoms with van der Waals surface area (Å²) in [6.45, 7) is 5.11. The molecule has 4 heteroatoms. The van der Waals surface area contributed by atoms with Gasteiger partial charge in [0.15, 0.2) is 0 Å². The number of nitrogens with one attached hydrogen (secondary N) is 1. The molecule has 0 unspecified atom stereocenters. The molecule has 0 aliphatic heterocycles. The molecule has 3 nitrogen and oxygen atoms in total. The van der Waals surface area contributed by atoms with Crippen LogP contribution in [0.2, 0.25) is 0 Å². The Morgan fingerprint density at radius 2 is 2.09 bits per heavy atom. The third kappa shape index (κ3) is 7.92. The van der Waals surface area contributed by atoms with Crippen LogP contribution in [0.15, 0.2) is 0 Å². The van der Waals surface area contributed by atoms with E-state index in [1.807, 2.05) is 13.8 Å². The van der Waals surface area contributed by atoms with Crippen LogP contribution in [0, 0.1) is 5.92 Å². The standard InChI is InChI=1S/C7H15N2O.V/c1-6(2)7(10)9-5-4-8-3;/h6H,4-5H2,1-3H3,(H,9,10);/q-1;. The fourth-order valence-corrected chi connectivity index (χ4v) is 0.495. The Hall–Kier alpha value is 0.0144. The second-order valence-corrected chi connectivity index (χ2v) is 2.49. The van der Waals surface area contributed by atoms with E-state index in [1.54, 1.807) is 7.05 Å². The van der Waals surface area contributed by atoms with E-state index in [4.69, 9.17) is 0 Å². The molecule has 1 amide bonds. The number of nitrogens with zero attached hydrogens (tertiary/aromatic N) is 1. The summed E-state index contributed by atoms with van der Waals surface area (Å²) >= 11 is 0. The minimum atomic E-state index is 0. The van der Waals surface area contributed by atoms with Gasteiger partial charge in [0.2, 0.25) is 5.91 Å². The van der Waals surface area contributed by atoms with Crippen molar-refractivity contribution >= 4 is 5.91 Å². The van der Waals surface area contributed by atoms with Crippen LogP contribution >= 0.6 is 0 Å². The van der Waals surface area contributed by atoms with Gasteiger partial charge in [-0.05, 0) is 6.54 Å². The van der Waals surface area contributed by atoms with E-state index in [2.05, 4.69) is 10.6 Å². The zero-order valence-corrected chi connectivity index (χ0v) is 8.69. The van der Waals surface area contributed by atoms with Crippen LogP contribution in [0.4, 0.5) is 0 Å². The molecule has 0 saturated heterocycles. The smallest absolute Gasteiger partial charge is 0.222 e. The zero-order valence-electron chi connectivity index (χ0n) is 7.29. The molecule has 0 atom stereocenters. The molecule has 0 aliphatic rings. The first-order chi connectivity index (χ1) is 4.68. The first kappa shape index (κ1) is 13.6. The molecule has 11 heavy (non-hydrogen) atoms. The molecule has 1 radical (unpaired) electrons. The fraction of sp³-hybridized carbons (Fsp3) is 0.857. The van der Waals surface area contributed by atoms with Gasteiger partial charge in [0.05, 0.1) is 0 Å². The van der Waals surface area contributed by atoms with Crippen LogP contribution in [-0.4, -0.2) is 26.0 Å². The van der Waals surface area contributed by atoms with Gasteiger partial charge >= 0.3 is 0 Å². The average molecular weight is 194 g/mol. The number of hydrogen-bond acceptors (Lipinski definition) is 1. The van der Waals surface area contributed by atoms with Gasteiger partial charge in [-0.3, -0.25) is 4.79 Å². The number of likely N-dealkylation sites (N-methyl/N-ethyl adjacent to an activating group) is 1. The van der Waals surface area contributed by atoms with Crippen LogP contribution in [0.1, 0.15) is 13.8 Å². The van der Waals surface area contributed by atoms with E-state index in [1.165, 1.54) is 0 Å². The number of carbonyl (C=O) groups is 1. The van der Waals surface area contributed by atoms with Gasteiger partial charge in [0.25, 0.3) is 0 Å². The number of hydrogen-bond donors (Lipinski definition) is 1. The number of carbonyl (C=O) groups excluding carboxylic acids is 1. The molecule has 65 valence electrons. The van der Waals surface area contributed by atoms with Crippen LogP contribution in [0.25, 0.3) is 5.32 Å². The summed E-state index contributed by atoms with van der Waals surface area (Å²) in [4.78, 5) is 10.9. The minimum absolute atomic E-state index is 0. The molecule has 0 heterocycles. The predicted molar refractivity (Wildman–Crippen MR) is 42.0 cm³/mol. The fourth-order valence-electron chi connectivity index (χ4n) is 0.495. The van der Waals surface area contributed by atoms with Crippen molar-refractivity contribution in [3.63, 3.8) is 0 Å². The summed E-state index contributed by atoms with van der Waals surface area (Å²) in [5.74, 6) is 0.181. The Morgan fingerprint density at radius 3 is 2.45 bits per heavy atom. The summed E-state index contributed by atoms with van der Waals surface area (Å²) in [7, 11) is 1.74. The molecule has 1 N–H and O–H groups in total. The third-order valence-electron chi connectivity index (χ3n) is 1.16. The van der Waals surface area contributed by atoms with Crippen molar-refractivity contribution in [1.29, 1.82) is 0 Å². The van der Waals surface area contributed by atoms with Crippen molar-refractivity contribution in [1.82, 2.24) is 5.32 Å². The first-order valence-electron chi connectivity index (χ1n) is 3.51. The van der Waals surface area contributed by atoms with Crippen molar-refractivity contribution in [2.75, 3.05) is 20.1 Å². The molecule has 0 rings (SSSR count). The minimum Gasteiger partial charge on any atom is -0.664 e. The van der Waals surface area contributed by atoms with Gasteiger partial charge in [-0.15, -0.1) is 6.54 Å². The molecule has 0 aromatic carbocycles. The van der Waals surface area contributed by atoms with E-state index in [9.17, 15) is 4.79 Å². The van der Waals surface area contributed by atoms with Crippen molar-refractivity contribution in [2.45, 2.75) is 13.8 Å². The van der Waals surface area contributed by atoms with Crippen molar-refractivity contribution in [3.8, 4) is 0 Å². The maximum Gasteiger partial charge on any atom is 0.222 e. The summed E-state index contributed by atoms with van der Waals surface area (Å²) in [6.07, 6.45) is 0. The Bertz CT molecular complexity index is 107. The molecular formula is C7H15N2OV-. The van der Waals surface area contributed by atoms with E-state index in [0.717, 1.165) is 0 Å². The largest absolute Gasteiger partial charge is 0.664 e. The first-order valence-corrected chi connectivity index (χ1v) is 3.51. The van der Waals surface area contributed by atoms with Crippen molar-refractivity contribution in [2.24, 2.45) is 5.92 Å². The maximum absolute atomic E-state index is 10.9. The van der Waals surface area contributed by atoms with Gasteiger partial charge < -0.3 is 10.6 Å². The van der Waals surface area contributed by atoms with Gasteiger partial charge in [0, 0.05) is 24.5 Å². The SMILES string of the molecule is C[N-]CCNC(=O)C(C)C.[V]. The molecule has 0 spiro atoms. The number of amides is 1. The van der Waals surface area contributed by atoms with Crippen LogP contribution in [-0.2, 0) is 23.4 Å². The quantitative estimate of drug-likeness (QED) is 0.659. The van der Waals surface area contributed by atoms with E-state index >= 15 is 0 Å². The van der Waals surface area contributed by atoms with Gasteiger partial charge in [-0.25, -0.2) is 0 Å². The number of rotatable bonds is 4. The Kier molecular flexibility index (Phi) is 10.0. The topological polar surface area (TPSA) is 43.2 Å². The van der Waals surface area contributed by atoms with E-state index < -0.39 is 0 Å². The molecule has 0 aliphatic carbocycles. The summed E-state index contributed by atoms with van der Waals surface area (Å²) in [5.41, 5.74) is 0. The summed E-state index contributed by atoms with van der Waals surface area (Å²) in [5, 5.41) is 6.60. The van der Waals surface area contributed by atoms with Crippen molar-refractivity contribution < 1.29 is 23.4 Å². The Balaban J connectivity index is 0. The summed E-state index contributed by atoms with van der Waals surface area (Å²) in [6, 6.07) is 0. The third-order valence-corrected chi connectivity index (χ3v) is 1.16. The Labute approximate surface area is 80.2 Å². The molecule has 0 aromatic heterocycles. The monoisotopic (exact) mass is 194 g/mol. The van der Waals surface area contributed by atoms with Gasteiger partial charge in [0.1, 0.15) is 0 Å². The van der Waals surface area contributed by atoms with Crippen molar-refractivity contribution in [3.05, 3.63) is 5.32 Å². The molecule has 0 aromatic rings. The second-order valence-electron chi connectivity index (χ2n) is 2.49. The van der Waals surface area contributed by atoms with Crippen LogP contribution in [0.5, 0.6) is 0 Å². The zero-order chi connectivity index (χ0) is 7.98. The normalized spacial score (nSPS) is 9.09. The maximum atomic E-state index is 10.9. The predicted octanol–water partition coefficient (Wildman–Crippen LogP) is 0.760. The summed E-state index contributed by atoms with van der Waals surface area (Å²) < 4.78 is 0. The van der Waals surface area contributed by atoms with Crippen LogP contribution in [0.3, 0.4) is 0 Å². The molecular weight excluding hydrogens is 179 g/mol. The van der Waals surface area contributed by atoms with Gasteiger partial charge in [-0.2, -0.15) is 7.05 Å². The second kappa shape index (κ2) is 8.11. The van der Waals surface area contributed by atoms with E-state index in [-0.39, 0.29) is 30.4 Å². The Morgan fingerprint density at radius 1 is 1.55 bits per heavy atom. The molecule has 0 saturated carbocycles. The molecule has 0 fully saturated rings. The van der Waals surface area contributed by atoms with E-state index in [0.29, 0.717) is 13.1 Å². The van der Waals surface area contributed by atoms with Crippen LogP contribution < -0.4 is 5.32 Å². The molecule has 0 bridgehead atoms.